The van der Waals surface area contributed by atoms with Crippen molar-refractivity contribution < 1.29 is 9.59 Å². The van der Waals surface area contributed by atoms with Gasteiger partial charge in [-0.1, -0.05) is 54.0 Å². The Balaban J connectivity index is 1.77. The first kappa shape index (κ1) is 22.0. The first-order valence-electron chi connectivity index (χ1n) is 10.1. The number of benzene rings is 2. The van der Waals surface area contributed by atoms with Crippen molar-refractivity contribution in [3.63, 3.8) is 0 Å². The van der Waals surface area contributed by atoms with E-state index in [0.29, 0.717) is 5.92 Å². The minimum atomic E-state index is -0.397. The largest absolute Gasteiger partial charge is 0.349 e. The van der Waals surface area contributed by atoms with Gasteiger partial charge in [0.05, 0.1) is 29.5 Å². The van der Waals surface area contributed by atoms with Crippen molar-refractivity contribution in [1.82, 2.24) is 20.6 Å². The Morgan fingerprint density at radius 3 is 2.37 bits per heavy atom. The molecule has 6 nitrogen and oxygen atoms in total. The van der Waals surface area contributed by atoms with E-state index >= 15 is 0 Å². The van der Waals surface area contributed by atoms with Crippen molar-refractivity contribution in [2.45, 2.75) is 45.7 Å². The second-order valence-electron chi connectivity index (χ2n) is 7.90. The molecule has 3 aromatic rings. The standard InChI is InChI=1S/C23H27BrN4O2/c1-14(2)12-21(23-27-18-6-4-5-7-19(18)28-23)26-22(30)13-20(25-15(3)29)16-8-10-17(24)11-9-16/h4-11,14,20-21H,12-13H2,1-3H3,(H,25,29)(H,26,30)(H,27,28). The van der Waals surface area contributed by atoms with Crippen LogP contribution in [0.15, 0.2) is 53.0 Å². The van der Waals surface area contributed by atoms with E-state index < -0.39 is 6.04 Å². The fourth-order valence-corrected chi connectivity index (χ4v) is 3.74. The number of para-hydroxylation sites is 2. The zero-order chi connectivity index (χ0) is 21.7. The Morgan fingerprint density at radius 2 is 1.73 bits per heavy atom. The zero-order valence-corrected chi connectivity index (χ0v) is 19.0. The van der Waals surface area contributed by atoms with Gasteiger partial charge in [-0.2, -0.15) is 0 Å². The number of halogens is 1. The van der Waals surface area contributed by atoms with E-state index in [0.717, 1.165) is 33.3 Å². The number of rotatable bonds is 8. The van der Waals surface area contributed by atoms with Gasteiger partial charge in [0.15, 0.2) is 0 Å². The molecule has 3 rings (SSSR count). The third-order valence-corrected chi connectivity index (χ3v) is 5.35. The summed E-state index contributed by atoms with van der Waals surface area (Å²) in [6, 6.07) is 14.8. The maximum Gasteiger partial charge on any atom is 0.223 e. The SMILES string of the molecule is CC(=O)NC(CC(=O)NC(CC(C)C)c1nc2ccccc2[nH]1)c1ccc(Br)cc1. The Morgan fingerprint density at radius 1 is 1.03 bits per heavy atom. The molecule has 0 aliphatic rings. The summed E-state index contributed by atoms with van der Waals surface area (Å²) in [4.78, 5) is 32.6. The summed E-state index contributed by atoms with van der Waals surface area (Å²) in [6.45, 7) is 5.69. The summed E-state index contributed by atoms with van der Waals surface area (Å²) >= 11 is 3.42. The van der Waals surface area contributed by atoms with Gasteiger partial charge in [0.25, 0.3) is 0 Å². The van der Waals surface area contributed by atoms with Gasteiger partial charge in [-0.05, 0) is 42.2 Å². The summed E-state index contributed by atoms with van der Waals surface area (Å²) in [5, 5.41) is 6.00. The third-order valence-electron chi connectivity index (χ3n) is 4.82. The Hall–Kier alpha value is -2.67. The highest BCUT2D eigenvalue weighted by Crippen LogP contribution is 2.24. The average Bonchev–Trinajstić information content (AvgIpc) is 3.11. The van der Waals surface area contributed by atoms with E-state index in [2.05, 4.69) is 50.4 Å². The molecule has 158 valence electrons. The van der Waals surface area contributed by atoms with Gasteiger partial charge >= 0.3 is 0 Å². The smallest absolute Gasteiger partial charge is 0.223 e. The van der Waals surface area contributed by atoms with Crippen LogP contribution in [0, 0.1) is 5.92 Å². The molecule has 2 unspecified atom stereocenters. The van der Waals surface area contributed by atoms with Crippen LogP contribution < -0.4 is 10.6 Å². The van der Waals surface area contributed by atoms with Gasteiger partial charge in [-0.3, -0.25) is 9.59 Å². The summed E-state index contributed by atoms with van der Waals surface area (Å²) in [6.07, 6.45) is 0.907. The van der Waals surface area contributed by atoms with Crippen molar-refractivity contribution in [2.75, 3.05) is 0 Å². The number of carbonyl (C=O) groups excluding carboxylic acids is 2. The summed E-state index contributed by atoms with van der Waals surface area (Å²) in [5.74, 6) is 0.814. The molecule has 0 saturated carbocycles. The Labute approximate surface area is 185 Å². The highest BCUT2D eigenvalue weighted by Gasteiger charge is 2.23. The van der Waals surface area contributed by atoms with E-state index in [1.807, 2.05) is 48.5 Å². The molecule has 0 aliphatic heterocycles. The van der Waals surface area contributed by atoms with Crippen LogP contribution in [0.4, 0.5) is 0 Å². The van der Waals surface area contributed by atoms with Gasteiger partial charge in [-0.25, -0.2) is 4.98 Å². The highest BCUT2D eigenvalue weighted by molar-refractivity contribution is 9.10. The van der Waals surface area contributed by atoms with Gasteiger partial charge < -0.3 is 15.6 Å². The lowest BCUT2D eigenvalue weighted by molar-refractivity contribution is -0.123. The number of aromatic amines is 1. The lowest BCUT2D eigenvalue weighted by Gasteiger charge is -2.22. The second kappa shape index (κ2) is 9.89. The number of carbonyl (C=O) groups is 2. The van der Waals surface area contributed by atoms with Crippen LogP contribution in [0.25, 0.3) is 11.0 Å². The summed E-state index contributed by atoms with van der Waals surface area (Å²) in [5.41, 5.74) is 2.70. The van der Waals surface area contributed by atoms with Crippen LogP contribution in [0.2, 0.25) is 0 Å². The highest BCUT2D eigenvalue weighted by atomic mass is 79.9. The monoisotopic (exact) mass is 470 g/mol. The summed E-state index contributed by atoms with van der Waals surface area (Å²) < 4.78 is 0.944. The van der Waals surface area contributed by atoms with Crippen LogP contribution in [-0.4, -0.2) is 21.8 Å². The minimum absolute atomic E-state index is 0.136. The molecule has 2 amide bonds. The third kappa shape index (κ3) is 5.92. The van der Waals surface area contributed by atoms with Crippen LogP contribution in [0.1, 0.15) is 57.1 Å². The normalized spacial score (nSPS) is 13.2. The van der Waals surface area contributed by atoms with Crippen LogP contribution in [-0.2, 0) is 9.59 Å². The van der Waals surface area contributed by atoms with Gasteiger partial charge in [-0.15, -0.1) is 0 Å². The van der Waals surface area contributed by atoms with Crippen molar-refractivity contribution >= 4 is 38.8 Å². The number of nitrogens with zero attached hydrogens (tertiary/aromatic N) is 1. The quantitative estimate of drug-likeness (QED) is 0.441. The number of aromatic nitrogens is 2. The zero-order valence-electron chi connectivity index (χ0n) is 17.4. The number of nitrogens with one attached hydrogen (secondary N) is 3. The van der Waals surface area contributed by atoms with Crippen LogP contribution in [0.3, 0.4) is 0 Å². The van der Waals surface area contributed by atoms with E-state index in [9.17, 15) is 9.59 Å². The first-order valence-corrected chi connectivity index (χ1v) is 10.9. The molecular formula is C23H27BrN4O2. The predicted octanol–water partition coefficient (Wildman–Crippen LogP) is 4.80. The van der Waals surface area contributed by atoms with Crippen molar-refractivity contribution in [1.29, 1.82) is 0 Å². The molecule has 0 bridgehead atoms. The molecule has 30 heavy (non-hydrogen) atoms. The van der Waals surface area contributed by atoms with Crippen molar-refractivity contribution in [2.24, 2.45) is 5.92 Å². The van der Waals surface area contributed by atoms with E-state index in [-0.39, 0.29) is 24.3 Å². The molecule has 0 spiro atoms. The van der Waals surface area contributed by atoms with Gasteiger partial charge in [0, 0.05) is 11.4 Å². The van der Waals surface area contributed by atoms with Gasteiger partial charge in [0.1, 0.15) is 5.82 Å². The molecule has 0 fully saturated rings. The molecular weight excluding hydrogens is 444 g/mol. The number of imidazole rings is 1. The second-order valence-corrected chi connectivity index (χ2v) is 8.81. The molecule has 2 atom stereocenters. The van der Waals surface area contributed by atoms with Crippen molar-refractivity contribution in [3.05, 3.63) is 64.4 Å². The van der Waals surface area contributed by atoms with E-state index in [1.54, 1.807) is 0 Å². The number of amides is 2. The maximum absolute atomic E-state index is 12.9. The van der Waals surface area contributed by atoms with Crippen LogP contribution in [0.5, 0.6) is 0 Å². The lowest BCUT2D eigenvalue weighted by Crippen LogP contribution is -2.35. The molecule has 0 radical (unpaired) electrons. The molecule has 0 aliphatic carbocycles. The molecule has 7 heteroatoms. The fourth-order valence-electron chi connectivity index (χ4n) is 3.48. The molecule has 0 saturated heterocycles. The lowest BCUT2D eigenvalue weighted by atomic mass is 10.0. The molecule has 1 heterocycles. The van der Waals surface area contributed by atoms with Crippen molar-refractivity contribution in [3.8, 4) is 0 Å². The maximum atomic E-state index is 12.9. The number of H-pyrrole nitrogens is 1. The van der Waals surface area contributed by atoms with Crippen LogP contribution >= 0.6 is 15.9 Å². The molecule has 3 N–H and O–H groups in total. The average molecular weight is 471 g/mol. The minimum Gasteiger partial charge on any atom is -0.349 e. The van der Waals surface area contributed by atoms with Gasteiger partial charge in [0.2, 0.25) is 11.8 Å². The number of hydrogen-bond donors (Lipinski definition) is 3. The van der Waals surface area contributed by atoms with E-state index in [4.69, 9.17) is 0 Å². The topological polar surface area (TPSA) is 86.9 Å². The number of fused-ring (bicyclic) bond motifs is 1. The Kier molecular flexibility index (Phi) is 7.26. The molecule has 2 aromatic carbocycles. The fraction of sp³-hybridized carbons (Fsp3) is 0.348. The number of hydrogen-bond acceptors (Lipinski definition) is 3. The molecule has 1 aromatic heterocycles. The first-order chi connectivity index (χ1) is 14.3. The summed E-state index contributed by atoms with van der Waals surface area (Å²) in [7, 11) is 0. The Bertz CT molecular complexity index is 980. The van der Waals surface area contributed by atoms with E-state index in [1.165, 1.54) is 6.92 Å². The predicted molar refractivity (Wildman–Crippen MR) is 122 cm³/mol.